The van der Waals surface area contributed by atoms with E-state index in [2.05, 4.69) is 12.2 Å². The van der Waals surface area contributed by atoms with E-state index in [4.69, 9.17) is 4.74 Å². The number of para-hydroxylation sites is 1. The number of hydrogen-bond donors (Lipinski definition) is 2. The number of fused-ring (bicyclic) bond motifs is 1. The summed E-state index contributed by atoms with van der Waals surface area (Å²) in [5.74, 6) is -1.40. The first-order chi connectivity index (χ1) is 18.6. The number of anilines is 1. The van der Waals surface area contributed by atoms with E-state index in [1.165, 1.54) is 94.5 Å². The third-order valence-corrected chi connectivity index (χ3v) is 8.06. The lowest BCUT2D eigenvalue weighted by Gasteiger charge is -2.07. The number of rotatable bonds is 19. The fourth-order valence-corrected chi connectivity index (χ4v) is 5.80. The zero-order valence-electron chi connectivity index (χ0n) is 22.8. The number of thiophene rings is 1. The molecule has 2 aromatic carbocycles. The number of ether oxygens (including phenoxy) is 1. The fraction of sp³-hybridized carbons (Fsp3) is 0.500. The third-order valence-electron chi connectivity index (χ3n) is 6.93. The molecule has 0 aliphatic carbocycles. The van der Waals surface area contributed by atoms with E-state index in [9.17, 15) is 14.7 Å². The molecule has 0 spiro atoms. The van der Waals surface area contributed by atoms with Crippen LogP contribution >= 0.6 is 11.3 Å². The predicted molar refractivity (Wildman–Crippen MR) is 159 cm³/mol. The lowest BCUT2D eigenvalue weighted by Crippen LogP contribution is -2.13. The van der Waals surface area contributed by atoms with E-state index in [0.717, 1.165) is 28.7 Å². The molecule has 3 rings (SSSR count). The van der Waals surface area contributed by atoms with E-state index >= 15 is 0 Å². The highest BCUT2D eigenvalue weighted by Gasteiger charge is 2.20. The second-order valence-corrected chi connectivity index (χ2v) is 11.0. The van der Waals surface area contributed by atoms with Crippen LogP contribution in [-0.2, 0) is 0 Å². The maximum atomic E-state index is 13.1. The molecular weight excluding hydrogens is 494 g/mol. The highest BCUT2D eigenvalue weighted by atomic mass is 32.1. The molecule has 0 aliphatic rings. The second-order valence-electron chi connectivity index (χ2n) is 10.0. The lowest BCUT2D eigenvalue weighted by molar-refractivity contribution is 0.0698. The Labute approximate surface area is 231 Å². The molecule has 0 bridgehead atoms. The van der Waals surface area contributed by atoms with Crippen molar-refractivity contribution in [3.63, 3.8) is 0 Å². The standard InChI is InChI=1S/C32H43NO4S/c1-2-3-4-5-6-7-8-9-10-11-12-13-14-19-24-37-32-26-21-16-15-20-25(26)29(38-32)30(34)33-28-23-18-17-22-27(28)31(35)36/h15-18,20-23H,2-14,19,24H2,1H3,(H,33,34)(H,35,36). The van der Waals surface area contributed by atoms with Gasteiger partial charge in [0.1, 0.15) is 4.88 Å². The number of benzene rings is 2. The summed E-state index contributed by atoms with van der Waals surface area (Å²) >= 11 is 1.32. The van der Waals surface area contributed by atoms with Crippen molar-refractivity contribution < 1.29 is 19.4 Å². The van der Waals surface area contributed by atoms with Gasteiger partial charge >= 0.3 is 5.97 Å². The van der Waals surface area contributed by atoms with E-state index in [-0.39, 0.29) is 17.2 Å². The Hall–Kier alpha value is -2.86. The summed E-state index contributed by atoms with van der Waals surface area (Å²) < 4.78 is 6.11. The van der Waals surface area contributed by atoms with Gasteiger partial charge < -0.3 is 15.2 Å². The number of carboxylic acid groups (broad SMARTS) is 1. The normalized spacial score (nSPS) is 11.1. The highest BCUT2D eigenvalue weighted by molar-refractivity contribution is 7.17. The van der Waals surface area contributed by atoms with Crippen molar-refractivity contribution in [2.45, 2.75) is 96.8 Å². The number of nitrogens with one attached hydrogen (secondary N) is 1. The van der Waals surface area contributed by atoms with E-state index < -0.39 is 5.97 Å². The van der Waals surface area contributed by atoms with Crippen molar-refractivity contribution in [1.82, 2.24) is 0 Å². The quantitative estimate of drug-likeness (QED) is 0.149. The Morgan fingerprint density at radius 3 is 1.87 bits per heavy atom. The molecule has 5 nitrogen and oxygen atoms in total. The van der Waals surface area contributed by atoms with Crippen LogP contribution in [0.3, 0.4) is 0 Å². The molecule has 0 radical (unpaired) electrons. The molecule has 6 heteroatoms. The van der Waals surface area contributed by atoms with Crippen molar-refractivity contribution in [2.24, 2.45) is 0 Å². The monoisotopic (exact) mass is 537 g/mol. The Kier molecular flexibility index (Phi) is 13.2. The second kappa shape index (κ2) is 16.9. The van der Waals surface area contributed by atoms with Gasteiger partial charge in [0.25, 0.3) is 5.91 Å². The molecule has 0 unspecified atom stereocenters. The van der Waals surface area contributed by atoms with Crippen LogP contribution < -0.4 is 10.1 Å². The third kappa shape index (κ3) is 9.46. The summed E-state index contributed by atoms with van der Waals surface area (Å²) in [6, 6.07) is 14.1. The van der Waals surface area contributed by atoms with Crippen molar-refractivity contribution >= 4 is 39.7 Å². The zero-order valence-corrected chi connectivity index (χ0v) is 23.6. The summed E-state index contributed by atoms with van der Waals surface area (Å²) in [5, 5.41) is 14.7. The maximum absolute atomic E-state index is 13.1. The molecule has 1 heterocycles. The van der Waals surface area contributed by atoms with E-state index in [1.54, 1.807) is 18.2 Å². The molecule has 38 heavy (non-hydrogen) atoms. The number of carbonyl (C=O) groups is 2. The molecule has 0 saturated heterocycles. The van der Waals surface area contributed by atoms with E-state index in [0.29, 0.717) is 11.5 Å². The van der Waals surface area contributed by atoms with Crippen molar-refractivity contribution in [1.29, 1.82) is 0 Å². The fourth-order valence-electron chi connectivity index (χ4n) is 4.76. The van der Waals surface area contributed by atoms with Crippen LogP contribution in [0.25, 0.3) is 10.8 Å². The first kappa shape index (κ1) is 29.7. The molecular formula is C32H43NO4S. The minimum absolute atomic E-state index is 0.0657. The van der Waals surface area contributed by atoms with Crippen LogP contribution in [0.15, 0.2) is 48.5 Å². The first-order valence-corrected chi connectivity index (χ1v) is 15.2. The van der Waals surface area contributed by atoms with Crippen LogP contribution in [0.1, 0.15) is 117 Å². The van der Waals surface area contributed by atoms with Crippen LogP contribution in [0.2, 0.25) is 0 Å². The molecule has 0 fully saturated rings. The van der Waals surface area contributed by atoms with Crippen molar-refractivity contribution in [3.8, 4) is 5.06 Å². The van der Waals surface area contributed by atoms with Gasteiger partial charge in [0.2, 0.25) is 0 Å². The minimum atomic E-state index is -1.07. The molecule has 2 N–H and O–H groups in total. The molecule has 0 atom stereocenters. The molecule has 1 amide bonds. The summed E-state index contributed by atoms with van der Waals surface area (Å²) in [7, 11) is 0. The van der Waals surface area contributed by atoms with Gasteiger partial charge in [0, 0.05) is 10.8 Å². The van der Waals surface area contributed by atoms with Gasteiger partial charge in [-0.25, -0.2) is 4.79 Å². The van der Waals surface area contributed by atoms with Gasteiger partial charge in [0.05, 0.1) is 17.9 Å². The minimum Gasteiger partial charge on any atom is -0.483 e. The van der Waals surface area contributed by atoms with Crippen molar-refractivity contribution in [3.05, 3.63) is 59.0 Å². The summed E-state index contributed by atoms with van der Waals surface area (Å²) in [6.07, 6.45) is 18.5. The number of carbonyl (C=O) groups excluding carboxylic acids is 1. The van der Waals surface area contributed by atoms with E-state index in [1.807, 2.05) is 24.3 Å². The maximum Gasteiger partial charge on any atom is 0.337 e. The smallest absolute Gasteiger partial charge is 0.337 e. The van der Waals surface area contributed by atoms with Crippen molar-refractivity contribution in [2.75, 3.05) is 11.9 Å². The largest absolute Gasteiger partial charge is 0.483 e. The average Bonchev–Trinajstić information content (AvgIpc) is 3.30. The van der Waals surface area contributed by atoms with Crippen LogP contribution in [0, 0.1) is 0 Å². The molecule has 0 saturated carbocycles. The molecule has 3 aromatic rings. The summed E-state index contributed by atoms with van der Waals surface area (Å²) in [6.45, 7) is 2.90. The lowest BCUT2D eigenvalue weighted by atomic mass is 10.0. The predicted octanol–water partition coefficient (Wildman–Crippen LogP) is 9.71. The SMILES string of the molecule is CCCCCCCCCCCCCCCCOc1sc(C(=O)Nc2ccccc2C(=O)O)c2ccccc12. The zero-order chi connectivity index (χ0) is 27.0. The number of unbranched alkanes of at least 4 members (excludes halogenated alkanes) is 13. The average molecular weight is 538 g/mol. The Morgan fingerprint density at radius 1 is 0.737 bits per heavy atom. The number of amides is 1. The van der Waals surface area contributed by atoms with Gasteiger partial charge in [-0.3, -0.25) is 4.79 Å². The highest BCUT2D eigenvalue weighted by Crippen LogP contribution is 2.38. The Balaban J connectivity index is 1.38. The summed E-state index contributed by atoms with van der Waals surface area (Å²) in [5.41, 5.74) is 0.350. The number of aromatic carboxylic acids is 1. The summed E-state index contributed by atoms with van der Waals surface area (Å²) in [4.78, 5) is 25.1. The molecule has 1 aromatic heterocycles. The Bertz CT molecular complexity index is 1140. The van der Waals surface area contributed by atoms with Crippen LogP contribution in [-0.4, -0.2) is 23.6 Å². The molecule has 0 aliphatic heterocycles. The van der Waals surface area contributed by atoms with Crippen LogP contribution in [0.4, 0.5) is 5.69 Å². The van der Waals surface area contributed by atoms with Crippen LogP contribution in [0.5, 0.6) is 5.06 Å². The Morgan fingerprint density at radius 2 is 1.26 bits per heavy atom. The topological polar surface area (TPSA) is 75.6 Å². The van der Waals surface area contributed by atoms with Gasteiger partial charge in [-0.05, 0) is 24.6 Å². The number of carboxylic acids is 1. The van der Waals surface area contributed by atoms with Gasteiger partial charge in [-0.2, -0.15) is 0 Å². The first-order valence-electron chi connectivity index (χ1n) is 14.4. The van der Waals surface area contributed by atoms with Gasteiger partial charge in [-0.15, -0.1) is 0 Å². The van der Waals surface area contributed by atoms with Gasteiger partial charge in [-0.1, -0.05) is 132 Å². The van der Waals surface area contributed by atoms with Gasteiger partial charge in [0.15, 0.2) is 5.06 Å². The molecule has 206 valence electrons. The number of hydrogen-bond acceptors (Lipinski definition) is 4.